The standard InChI is InChI=1S/C38H35N5O2S/c39-36-32-22-28(46-34(32)19-20-40-36)24-41-37(45)38(33(18-21-42-38)30-17-9-15-25-14-7-8-16-29(25)30)43-35(44)23-31(26-10-3-1-4-11-26)27-12-5-2-6-13-27/h1-17,19-20,22,31,33,42H,18,21,23-24H2,(H2,39,40)(H,41,45)(H,43,44)/t33-,38+/m0/s1. The molecule has 1 aliphatic rings. The van der Waals surface area contributed by atoms with E-state index in [1.165, 1.54) is 0 Å². The van der Waals surface area contributed by atoms with Crippen LogP contribution in [0.3, 0.4) is 0 Å². The number of nitrogens with zero attached hydrogens (tertiary/aromatic N) is 1. The van der Waals surface area contributed by atoms with Crippen LogP contribution < -0.4 is 21.7 Å². The molecule has 2 aromatic heterocycles. The highest BCUT2D eigenvalue weighted by Gasteiger charge is 2.51. The maximum absolute atomic E-state index is 14.5. The van der Waals surface area contributed by atoms with Crippen LogP contribution in [0.15, 0.2) is 121 Å². The number of thiophene rings is 1. The summed E-state index contributed by atoms with van der Waals surface area (Å²) < 4.78 is 1.01. The SMILES string of the molecule is Nc1nccc2sc(CNC(=O)[C@@]3(NC(=O)CC(c4ccccc4)c4ccccc4)NCC[C@H]3c3cccc4ccccc34)cc12. The lowest BCUT2D eigenvalue weighted by Gasteiger charge is -2.36. The fourth-order valence-electron chi connectivity index (χ4n) is 6.81. The van der Waals surface area contributed by atoms with Crippen molar-refractivity contribution in [3.63, 3.8) is 0 Å². The highest BCUT2D eigenvalue weighted by molar-refractivity contribution is 7.19. The van der Waals surface area contributed by atoms with Crippen LogP contribution in [0.5, 0.6) is 0 Å². The molecule has 2 atom stereocenters. The van der Waals surface area contributed by atoms with E-state index in [4.69, 9.17) is 5.73 Å². The summed E-state index contributed by atoms with van der Waals surface area (Å²) in [4.78, 5) is 33.8. The molecule has 1 saturated heterocycles. The molecular weight excluding hydrogens is 591 g/mol. The van der Waals surface area contributed by atoms with Gasteiger partial charge in [-0.05, 0) is 52.6 Å². The number of fused-ring (bicyclic) bond motifs is 2. The molecule has 0 bridgehead atoms. The van der Waals surface area contributed by atoms with Crippen molar-refractivity contribution in [1.29, 1.82) is 0 Å². The van der Waals surface area contributed by atoms with Gasteiger partial charge in [-0.1, -0.05) is 103 Å². The number of nitrogens with two attached hydrogens (primary N) is 1. The normalized spacial score (nSPS) is 17.8. The summed E-state index contributed by atoms with van der Waals surface area (Å²) in [6, 6.07) is 38.4. The Bertz CT molecular complexity index is 1970. The first kappa shape index (κ1) is 29.6. The second-order valence-corrected chi connectivity index (χ2v) is 12.9. The molecule has 4 aromatic carbocycles. The highest BCUT2D eigenvalue weighted by Crippen LogP contribution is 2.39. The second kappa shape index (κ2) is 12.7. The molecule has 1 fully saturated rings. The molecule has 1 aliphatic heterocycles. The van der Waals surface area contributed by atoms with Gasteiger partial charge in [0.05, 0.1) is 6.54 Å². The van der Waals surface area contributed by atoms with E-state index in [1.54, 1.807) is 17.5 Å². The molecule has 46 heavy (non-hydrogen) atoms. The van der Waals surface area contributed by atoms with E-state index in [-0.39, 0.29) is 30.1 Å². The summed E-state index contributed by atoms with van der Waals surface area (Å²) in [6.07, 6.45) is 2.57. The van der Waals surface area contributed by atoms with E-state index in [1.807, 2.05) is 91.0 Å². The Kier molecular flexibility index (Phi) is 8.22. The molecule has 0 saturated carbocycles. The number of nitrogens with one attached hydrogen (secondary N) is 3. The zero-order valence-corrected chi connectivity index (χ0v) is 26.1. The van der Waals surface area contributed by atoms with Crippen LogP contribution >= 0.6 is 11.3 Å². The van der Waals surface area contributed by atoms with Gasteiger partial charge in [0, 0.05) is 39.4 Å². The first-order valence-corrected chi connectivity index (χ1v) is 16.4. The molecule has 0 aliphatic carbocycles. The Labute approximate surface area is 271 Å². The van der Waals surface area contributed by atoms with Gasteiger partial charge >= 0.3 is 0 Å². The number of rotatable bonds is 9. The Hall–Kier alpha value is -5.05. The average Bonchev–Trinajstić information content (AvgIpc) is 3.72. The third kappa shape index (κ3) is 5.73. The summed E-state index contributed by atoms with van der Waals surface area (Å²) in [5.74, 6) is -0.465. The van der Waals surface area contributed by atoms with Crippen LogP contribution in [0.4, 0.5) is 5.82 Å². The summed E-state index contributed by atoms with van der Waals surface area (Å²) in [6.45, 7) is 0.878. The quantitative estimate of drug-likeness (QED) is 0.148. The van der Waals surface area contributed by atoms with E-state index in [9.17, 15) is 9.59 Å². The van der Waals surface area contributed by atoms with Crippen LogP contribution in [-0.4, -0.2) is 29.0 Å². The second-order valence-electron chi connectivity index (χ2n) is 11.8. The number of hydrogen-bond acceptors (Lipinski definition) is 6. The lowest BCUT2D eigenvalue weighted by Crippen LogP contribution is -2.67. The molecular formula is C38H35N5O2S. The van der Waals surface area contributed by atoms with Crippen molar-refractivity contribution in [2.75, 3.05) is 12.3 Å². The summed E-state index contributed by atoms with van der Waals surface area (Å²) in [5.41, 5.74) is 7.88. The van der Waals surface area contributed by atoms with Crippen molar-refractivity contribution in [2.45, 2.75) is 36.9 Å². The number of anilines is 1. The lowest BCUT2D eigenvalue weighted by molar-refractivity contribution is -0.135. The van der Waals surface area contributed by atoms with Gasteiger partial charge < -0.3 is 16.4 Å². The minimum Gasteiger partial charge on any atom is -0.383 e. The maximum Gasteiger partial charge on any atom is 0.261 e. The molecule has 5 N–H and O–H groups in total. The van der Waals surface area contributed by atoms with E-state index in [0.29, 0.717) is 25.3 Å². The number of benzene rings is 4. The van der Waals surface area contributed by atoms with Crippen molar-refractivity contribution in [2.24, 2.45) is 0 Å². The van der Waals surface area contributed by atoms with Gasteiger partial charge in [-0.25, -0.2) is 4.98 Å². The van der Waals surface area contributed by atoms with E-state index in [0.717, 1.165) is 42.4 Å². The van der Waals surface area contributed by atoms with Crippen molar-refractivity contribution >= 4 is 49.8 Å². The summed E-state index contributed by atoms with van der Waals surface area (Å²) in [7, 11) is 0. The minimum absolute atomic E-state index is 0.169. The molecule has 7 nitrogen and oxygen atoms in total. The van der Waals surface area contributed by atoms with Crippen LogP contribution in [0.1, 0.15) is 46.2 Å². The number of amides is 2. The zero-order chi connectivity index (χ0) is 31.5. The number of nitrogen functional groups attached to an aromatic ring is 1. The number of hydrogen-bond donors (Lipinski definition) is 4. The largest absolute Gasteiger partial charge is 0.383 e. The molecule has 0 radical (unpaired) electrons. The number of aromatic nitrogens is 1. The van der Waals surface area contributed by atoms with Gasteiger partial charge in [0.1, 0.15) is 5.82 Å². The fourth-order valence-corrected chi connectivity index (χ4v) is 7.81. The number of pyridine rings is 1. The first-order chi connectivity index (χ1) is 22.5. The smallest absolute Gasteiger partial charge is 0.261 e. The molecule has 230 valence electrons. The third-order valence-electron chi connectivity index (χ3n) is 9.00. The van der Waals surface area contributed by atoms with Crippen LogP contribution in [0.25, 0.3) is 20.9 Å². The van der Waals surface area contributed by atoms with E-state index in [2.05, 4.69) is 45.2 Å². The summed E-state index contributed by atoms with van der Waals surface area (Å²) in [5, 5.41) is 12.9. The van der Waals surface area contributed by atoms with Crippen LogP contribution in [0, 0.1) is 0 Å². The van der Waals surface area contributed by atoms with Crippen molar-refractivity contribution < 1.29 is 9.59 Å². The zero-order valence-electron chi connectivity index (χ0n) is 25.3. The minimum atomic E-state index is -1.35. The summed E-state index contributed by atoms with van der Waals surface area (Å²) >= 11 is 1.57. The average molecular weight is 626 g/mol. The fraction of sp³-hybridized carbons (Fsp3) is 0.184. The van der Waals surface area contributed by atoms with E-state index < -0.39 is 5.66 Å². The van der Waals surface area contributed by atoms with Gasteiger partial charge in [0.2, 0.25) is 5.91 Å². The number of carbonyl (C=O) groups is 2. The molecule has 7 rings (SSSR count). The van der Waals surface area contributed by atoms with Crippen molar-refractivity contribution in [1.82, 2.24) is 20.9 Å². The predicted molar refractivity (Wildman–Crippen MR) is 185 cm³/mol. The topological polar surface area (TPSA) is 109 Å². The van der Waals surface area contributed by atoms with Gasteiger partial charge in [-0.3, -0.25) is 14.9 Å². The Morgan fingerprint density at radius 3 is 2.33 bits per heavy atom. The third-order valence-corrected chi connectivity index (χ3v) is 10.1. The molecule has 6 aromatic rings. The molecule has 0 unspecified atom stereocenters. The molecule has 8 heteroatoms. The van der Waals surface area contributed by atoms with Gasteiger partial charge in [0.15, 0.2) is 5.66 Å². The van der Waals surface area contributed by atoms with Gasteiger partial charge in [-0.15, -0.1) is 11.3 Å². The lowest BCUT2D eigenvalue weighted by atomic mass is 9.82. The maximum atomic E-state index is 14.5. The van der Waals surface area contributed by atoms with Crippen LogP contribution in [-0.2, 0) is 16.1 Å². The van der Waals surface area contributed by atoms with Gasteiger partial charge in [-0.2, -0.15) is 0 Å². The number of carbonyl (C=O) groups excluding carboxylic acids is 2. The monoisotopic (exact) mass is 625 g/mol. The Morgan fingerprint density at radius 2 is 1.59 bits per heavy atom. The van der Waals surface area contributed by atoms with Crippen LogP contribution in [0.2, 0.25) is 0 Å². The molecule has 3 heterocycles. The molecule has 0 spiro atoms. The van der Waals surface area contributed by atoms with Crippen molar-refractivity contribution in [3.05, 3.63) is 143 Å². The first-order valence-electron chi connectivity index (χ1n) is 15.6. The van der Waals surface area contributed by atoms with Gasteiger partial charge in [0.25, 0.3) is 5.91 Å². The Morgan fingerprint density at radius 1 is 0.891 bits per heavy atom. The van der Waals surface area contributed by atoms with Crippen molar-refractivity contribution in [3.8, 4) is 0 Å². The van der Waals surface area contributed by atoms with E-state index >= 15 is 0 Å². The Balaban J connectivity index is 1.23. The highest BCUT2D eigenvalue weighted by atomic mass is 32.1. The molecule has 2 amide bonds. The predicted octanol–water partition coefficient (Wildman–Crippen LogP) is 6.46.